The molecule has 1 fully saturated rings. The second kappa shape index (κ2) is 7.38. The lowest BCUT2D eigenvalue weighted by molar-refractivity contribution is -0.165. The van der Waals surface area contributed by atoms with E-state index in [-0.39, 0.29) is 5.91 Å². The van der Waals surface area contributed by atoms with Gasteiger partial charge in [0.15, 0.2) is 0 Å². The first-order valence-electron chi connectivity index (χ1n) is 7.30. The van der Waals surface area contributed by atoms with Crippen LogP contribution in [0, 0.1) is 6.92 Å². The fourth-order valence-electron chi connectivity index (χ4n) is 2.49. The lowest BCUT2D eigenvalue weighted by Crippen LogP contribution is -2.37. The third-order valence-corrected chi connectivity index (χ3v) is 4.23. The Balaban J connectivity index is 2.05. The third kappa shape index (κ3) is 4.59. The Bertz CT molecular complexity index is 674. The van der Waals surface area contributed by atoms with Gasteiger partial charge in [0.05, 0.1) is 0 Å². The summed E-state index contributed by atoms with van der Waals surface area (Å²) in [6, 6.07) is 4.80. The molecule has 24 heavy (non-hydrogen) atoms. The van der Waals surface area contributed by atoms with Crippen molar-refractivity contribution < 1.29 is 22.8 Å². The van der Waals surface area contributed by atoms with Crippen LogP contribution in [0.2, 0.25) is 0 Å². The minimum absolute atomic E-state index is 0.304. The van der Waals surface area contributed by atoms with Gasteiger partial charge in [-0.15, -0.1) is 0 Å². The minimum atomic E-state index is -4.90. The molecular formula is C16H16BrF3N2O2. The summed E-state index contributed by atoms with van der Waals surface area (Å²) in [4.78, 5) is 24.8. The van der Waals surface area contributed by atoms with E-state index < -0.39 is 18.0 Å². The van der Waals surface area contributed by atoms with Crippen molar-refractivity contribution >= 4 is 33.3 Å². The predicted octanol–water partition coefficient (Wildman–Crippen LogP) is 3.81. The lowest BCUT2D eigenvalue weighted by Gasteiger charge is -2.22. The van der Waals surface area contributed by atoms with Gasteiger partial charge in [-0.2, -0.15) is 13.2 Å². The normalized spacial score (nSPS) is 18.2. The fourth-order valence-corrected chi connectivity index (χ4v) is 2.97. The summed E-state index contributed by atoms with van der Waals surface area (Å²) in [5.41, 5.74) is 1.51. The number of anilines is 1. The van der Waals surface area contributed by atoms with Crippen molar-refractivity contribution in [3.05, 3.63) is 40.5 Å². The predicted molar refractivity (Wildman–Crippen MR) is 87.4 cm³/mol. The van der Waals surface area contributed by atoms with Crippen LogP contribution in [0.5, 0.6) is 0 Å². The highest BCUT2D eigenvalue weighted by atomic mass is 79.9. The first-order chi connectivity index (χ1) is 11.2. The molecule has 0 spiro atoms. The maximum Gasteiger partial charge on any atom is 0.454 e. The third-order valence-electron chi connectivity index (χ3n) is 3.74. The number of ketones is 1. The van der Waals surface area contributed by atoms with Crippen molar-refractivity contribution in [2.45, 2.75) is 32.0 Å². The number of carbonyl (C=O) groups excluding carboxylic acids is 2. The number of likely N-dealkylation sites (tertiary alicyclic amines) is 1. The first kappa shape index (κ1) is 18.5. The molecule has 1 atom stereocenters. The molecule has 1 amide bonds. The molecule has 130 valence electrons. The SMILES string of the molecule is Cc1cc(Br)ccc1NC(=O)C1CCCN1C=CC(=O)C(F)(F)F. The Hall–Kier alpha value is -1.83. The smallest absolute Gasteiger partial charge is 0.365 e. The number of allylic oxidation sites excluding steroid dienone is 1. The molecule has 1 aliphatic rings. The molecule has 8 heteroatoms. The standard InChI is InChI=1S/C16H16BrF3N2O2/c1-10-9-11(17)4-5-12(10)21-15(24)13-3-2-7-22(13)8-6-14(23)16(18,19)20/h4-6,8-9,13H,2-3,7H2,1H3,(H,21,24). The number of carbonyl (C=O) groups is 2. The maximum absolute atomic E-state index is 12.4. The molecule has 4 nitrogen and oxygen atoms in total. The highest BCUT2D eigenvalue weighted by Crippen LogP contribution is 2.24. The van der Waals surface area contributed by atoms with Crippen molar-refractivity contribution in [2.24, 2.45) is 0 Å². The molecule has 1 aromatic rings. The van der Waals surface area contributed by atoms with Crippen LogP contribution in [0.3, 0.4) is 0 Å². The van der Waals surface area contributed by atoms with Gasteiger partial charge in [-0.3, -0.25) is 9.59 Å². The van der Waals surface area contributed by atoms with Crippen LogP contribution in [0.25, 0.3) is 0 Å². The van der Waals surface area contributed by atoms with E-state index in [0.717, 1.165) is 16.2 Å². The number of hydrogen-bond acceptors (Lipinski definition) is 3. The number of rotatable bonds is 4. The van der Waals surface area contributed by atoms with Crippen molar-refractivity contribution in [3.8, 4) is 0 Å². The van der Waals surface area contributed by atoms with Gasteiger partial charge in [-0.05, 0) is 43.5 Å². The van der Waals surface area contributed by atoms with E-state index in [1.807, 2.05) is 13.0 Å². The quantitative estimate of drug-likeness (QED) is 0.776. The molecule has 1 saturated heterocycles. The van der Waals surface area contributed by atoms with E-state index in [9.17, 15) is 22.8 Å². The Labute approximate surface area is 145 Å². The number of nitrogens with zero attached hydrogens (tertiary/aromatic N) is 1. The zero-order chi connectivity index (χ0) is 17.9. The van der Waals surface area contributed by atoms with E-state index in [2.05, 4.69) is 21.2 Å². The summed E-state index contributed by atoms with van der Waals surface area (Å²) in [7, 11) is 0. The van der Waals surface area contributed by atoms with E-state index in [1.165, 1.54) is 4.90 Å². The molecule has 0 saturated carbocycles. The van der Waals surface area contributed by atoms with Gasteiger partial charge in [0.2, 0.25) is 5.91 Å². The Kier molecular flexibility index (Phi) is 5.69. The topological polar surface area (TPSA) is 49.4 Å². The molecule has 2 rings (SSSR count). The molecular weight excluding hydrogens is 389 g/mol. The number of amides is 1. The molecule has 0 radical (unpaired) electrons. The van der Waals surface area contributed by atoms with Crippen LogP contribution in [-0.4, -0.2) is 35.4 Å². The number of alkyl halides is 3. The van der Waals surface area contributed by atoms with Crippen LogP contribution >= 0.6 is 15.9 Å². The summed E-state index contributed by atoms with van der Waals surface area (Å²) in [6.45, 7) is 2.27. The van der Waals surface area contributed by atoms with Crippen molar-refractivity contribution in [1.82, 2.24) is 4.90 Å². The number of benzene rings is 1. The van der Waals surface area contributed by atoms with Crippen LogP contribution < -0.4 is 5.32 Å². The van der Waals surface area contributed by atoms with Crippen LogP contribution in [-0.2, 0) is 9.59 Å². The molecule has 1 aromatic carbocycles. The number of aryl methyl sites for hydroxylation is 1. The first-order valence-corrected chi connectivity index (χ1v) is 8.10. The van der Waals surface area contributed by atoms with E-state index in [1.54, 1.807) is 12.1 Å². The largest absolute Gasteiger partial charge is 0.454 e. The molecule has 0 aromatic heterocycles. The van der Waals surface area contributed by atoms with Crippen LogP contribution in [0.4, 0.5) is 18.9 Å². The van der Waals surface area contributed by atoms with Crippen LogP contribution in [0.1, 0.15) is 18.4 Å². The van der Waals surface area contributed by atoms with Gasteiger partial charge in [-0.1, -0.05) is 15.9 Å². The summed E-state index contributed by atoms with van der Waals surface area (Å²) < 4.78 is 37.6. The van der Waals surface area contributed by atoms with Gasteiger partial charge >= 0.3 is 6.18 Å². The highest BCUT2D eigenvalue weighted by molar-refractivity contribution is 9.10. The number of halogens is 4. The summed E-state index contributed by atoms with van der Waals surface area (Å²) in [6.07, 6.45) is -2.19. The molecule has 1 N–H and O–H groups in total. The zero-order valence-corrected chi connectivity index (χ0v) is 14.4. The Morgan fingerprint density at radius 1 is 1.38 bits per heavy atom. The van der Waals surface area contributed by atoms with Crippen molar-refractivity contribution in [1.29, 1.82) is 0 Å². The zero-order valence-electron chi connectivity index (χ0n) is 12.9. The van der Waals surface area contributed by atoms with Gasteiger partial charge in [0.25, 0.3) is 5.78 Å². The van der Waals surface area contributed by atoms with Crippen LogP contribution in [0.15, 0.2) is 34.9 Å². The average Bonchev–Trinajstić information content (AvgIpc) is 2.95. The Morgan fingerprint density at radius 3 is 2.71 bits per heavy atom. The van der Waals surface area contributed by atoms with Crippen molar-refractivity contribution in [2.75, 3.05) is 11.9 Å². The Morgan fingerprint density at radius 2 is 2.08 bits per heavy atom. The number of hydrogen-bond donors (Lipinski definition) is 1. The average molecular weight is 405 g/mol. The molecule has 0 bridgehead atoms. The lowest BCUT2D eigenvalue weighted by atomic mass is 10.1. The van der Waals surface area contributed by atoms with Gasteiger partial charge < -0.3 is 10.2 Å². The van der Waals surface area contributed by atoms with E-state index in [4.69, 9.17) is 0 Å². The fraction of sp³-hybridized carbons (Fsp3) is 0.375. The second-order valence-electron chi connectivity index (χ2n) is 5.52. The number of nitrogens with one attached hydrogen (secondary N) is 1. The van der Waals surface area contributed by atoms with Gasteiger partial charge in [-0.25, -0.2) is 0 Å². The summed E-state index contributed by atoms with van der Waals surface area (Å²) >= 11 is 3.33. The molecule has 1 heterocycles. The summed E-state index contributed by atoms with van der Waals surface area (Å²) in [5.74, 6) is -2.24. The van der Waals surface area contributed by atoms with E-state index >= 15 is 0 Å². The summed E-state index contributed by atoms with van der Waals surface area (Å²) in [5, 5.41) is 2.78. The maximum atomic E-state index is 12.4. The van der Waals surface area contributed by atoms with Gasteiger partial charge in [0, 0.05) is 29.0 Å². The monoisotopic (exact) mass is 404 g/mol. The van der Waals surface area contributed by atoms with Crippen molar-refractivity contribution in [3.63, 3.8) is 0 Å². The molecule has 0 aliphatic carbocycles. The highest BCUT2D eigenvalue weighted by Gasteiger charge is 2.37. The second-order valence-corrected chi connectivity index (χ2v) is 6.44. The van der Waals surface area contributed by atoms with Gasteiger partial charge in [0.1, 0.15) is 6.04 Å². The van der Waals surface area contributed by atoms with E-state index in [0.29, 0.717) is 31.1 Å². The molecule has 1 aliphatic heterocycles. The minimum Gasteiger partial charge on any atom is -0.365 e. The molecule has 1 unspecified atom stereocenters.